The number of hydrogen-bond donors (Lipinski definition) is 3. The highest BCUT2D eigenvalue weighted by molar-refractivity contribution is 14.0. The molecule has 1 aromatic heterocycles. The lowest BCUT2D eigenvalue weighted by molar-refractivity contribution is -0.137. The van der Waals surface area contributed by atoms with Gasteiger partial charge in [-0.15, -0.1) is 24.0 Å². The highest BCUT2D eigenvalue weighted by atomic mass is 127. The van der Waals surface area contributed by atoms with Crippen LogP contribution in [-0.2, 0) is 17.4 Å². The summed E-state index contributed by atoms with van der Waals surface area (Å²) in [5.74, 6) is 0.850. The molecule has 0 aliphatic carbocycles. The lowest BCUT2D eigenvalue weighted by Crippen LogP contribution is -2.39. The summed E-state index contributed by atoms with van der Waals surface area (Å²) in [5, 5.41) is 8.81. The zero-order valence-corrected chi connectivity index (χ0v) is 19.0. The molecule has 0 aliphatic rings. The van der Waals surface area contributed by atoms with Gasteiger partial charge in [-0.25, -0.2) is 4.98 Å². The van der Waals surface area contributed by atoms with Gasteiger partial charge >= 0.3 is 6.18 Å². The summed E-state index contributed by atoms with van der Waals surface area (Å²) < 4.78 is 37.7. The van der Waals surface area contributed by atoms with E-state index in [9.17, 15) is 18.0 Å². The number of halogens is 4. The number of guanidine groups is 1. The van der Waals surface area contributed by atoms with Crippen molar-refractivity contribution in [2.75, 3.05) is 25.5 Å². The number of nitrogens with zero attached hydrogens (tertiary/aromatic N) is 2. The molecule has 0 aliphatic heterocycles. The fourth-order valence-corrected chi connectivity index (χ4v) is 2.52. The van der Waals surface area contributed by atoms with Gasteiger partial charge in [-0.1, -0.05) is 18.2 Å². The molecular formula is C20H25F3IN5O. The quantitative estimate of drug-likeness (QED) is 0.287. The average Bonchev–Trinajstić information content (AvgIpc) is 2.66. The minimum atomic E-state index is -4.33. The number of carbonyl (C=O) groups is 1. The molecule has 0 unspecified atom stereocenters. The monoisotopic (exact) mass is 535 g/mol. The van der Waals surface area contributed by atoms with E-state index in [4.69, 9.17) is 0 Å². The molecule has 0 atom stereocenters. The summed E-state index contributed by atoms with van der Waals surface area (Å²) >= 11 is 0. The van der Waals surface area contributed by atoms with Crippen molar-refractivity contribution < 1.29 is 18.0 Å². The predicted molar refractivity (Wildman–Crippen MR) is 122 cm³/mol. The number of carbonyl (C=O) groups excluding carboxylic acids is 1. The Bertz CT molecular complexity index is 841. The molecule has 3 N–H and O–H groups in total. The number of aryl methyl sites for hydroxylation is 1. The van der Waals surface area contributed by atoms with Gasteiger partial charge < -0.3 is 16.0 Å². The van der Waals surface area contributed by atoms with Crippen LogP contribution in [0.25, 0.3) is 0 Å². The van der Waals surface area contributed by atoms with Gasteiger partial charge in [0.2, 0.25) is 5.91 Å². The highest BCUT2D eigenvalue weighted by Crippen LogP contribution is 2.29. The van der Waals surface area contributed by atoms with Crippen LogP contribution in [0.15, 0.2) is 47.5 Å². The Morgan fingerprint density at radius 1 is 1.07 bits per heavy atom. The fourth-order valence-electron chi connectivity index (χ4n) is 2.52. The van der Waals surface area contributed by atoms with Crippen LogP contribution >= 0.6 is 24.0 Å². The third-order valence-electron chi connectivity index (χ3n) is 4.01. The fraction of sp³-hybridized carbons (Fsp3) is 0.350. The third-order valence-corrected chi connectivity index (χ3v) is 4.01. The van der Waals surface area contributed by atoms with Crippen LogP contribution < -0.4 is 16.0 Å². The number of aliphatic imine (C=N–C) groups is 1. The molecule has 0 saturated heterocycles. The zero-order valence-electron chi connectivity index (χ0n) is 16.7. The predicted octanol–water partition coefficient (Wildman–Crippen LogP) is 3.76. The standard InChI is InChI=1S/C20H24F3N5O.HI/c1-14-4-3-5-17(27-14)28-18(29)11-13-26-19(24-2)25-12-10-15-6-8-16(9-7-15)20(21,22)23;/h3-9H,10-13H2,1-2H3,(H2,24,25,26)(H,27,28,29);1H. The summed E-state index contributed by atoms with van der Waals surface area (Å²) in [6.45, 7) is 2.71. The van der Waals surface area contributed by atoms with E-state index < -0.39 is 11.7 Å². The number of alkyl halides is 3. The van der Waals surface area contributed by atoms with E-state index in [2.05, 4.69) is 25.9 Å². The molecule has 0 fully saturated rings. The summed E-state index contributed by atoms with van der Waals surface area (Å²) in [6.07, 6.45) is -3.56. The number of rotatable bonds is 7. The number of hydrogen-bond acceptors (Lipinski definition) is 3. The summed E-state index contributed by atoms with van der Waals surface area (Å²) in [7, 11) is 1.60. The molecule has 0 saturated carbocycles. The second-order valence-electron chi connectivity index (χ2n) is 6.33. The van der Waals surface area contributed by atoms with Gasteiger partial charge in [0.05, 0.1) is 5.56 Å². The molecule has 1 heterocycles. The van der Waals surface area contributed by atoms with Crippen LogP contribution in [0.4, 0.5) is 19.0 Å². The second-order valence-corrected chi connectivity index (χ2v) is 6.33. The van der Waals surface area contributed by atoms with E-state index in [1.165, 1.54) is 12.1 Å². The molecule has 164 valence electrons. The number of anilines is 1. The van der Waals surface area contributed by atoms with E-state index in [1.54, 1.807) is 13.1 Å². The van der Waals surface area contributed by atoms with Crippen LogP contribution in [0.5, 0.6) is 0 Å². The van der Waals surface area contributed by atoms with Crippen LogP contribution in [-0.4, -0.2) is 37.0 Å². The molecule has 6 nitrogen and oxygen atoms in total. The van der Waals surface area contributed by atoms with Gasteiger partial charge in [0.25, 0.3) is 0 Å². The maximum absolute atomic E-state index is 12.6. The molecule has 30 heavy (non-hydrogen) atoms. The minimum Gasteiger partial charge on any atom is -0.356 e. The molecule has 10 heteroatoms. The average molecular weight is 535 g/mol. The van der Waals surface area contributed by atoms with Gasteiger partial charge in [0.1, 0.15) is 5.82 Å². The van der Waals surface area contributed by atoms with Gasteiger partial charge in [-0.3, -0.25) is 9.79 Å². The minimum absolute atomic E-state index is 0. The van der Waals surface area contributed by atoms with E-state index in [-0.39, 0.29) is 36.3 Å². The first-order chi connectivity index (χ1) is 13.8. The molecule has 1 amide bonds. The highest BCUT2D eigenvalue weighted by Gasteiger charge is 2.29. The van der Waals surface area contributed by atoms with Crippen LogP contribution in [0, 0.1) is 6.92 Å². The zero-order chi connectivity index (χ0) is 21.3. The normalized spacial score (nSPS) is 11.4. The van der Waals surface area contributed by atoms with Gasteiger partial charge in [0, 0.05) is 32.3 Å². The Kier molecular flexibility index (Phi) is 10.6. The first-order valence-corrected chi connectivity index (χ1v) is 9.12. The number of aromatic nitrogens is 1. The molecule has 1 aromatic carbocycles. The van der Waals surface area contributed by atoms with Crippen LogP contribution in [0.1, 0.15) is 23.2 Å². The number of benzene rings is 1. The van der Waals surface area contributed by atoms with Gasteiger partial charge in [-0.2, -0.15) is 13.2 Å². The first-order valence-electron chi connectivity index (χ1n) is 9.12. The van der Waals surface area contributed by atoms with E-state index in [0.717, 1.165) is 23.4 Å². The number of nitrogens with one attached hydrogen (secondary N) is 3. The number of amides is 1. The molecule has 2 rings (SSSR count). The first kappa shape index (κ1) is 25.7. The van der Waals surface area contributed by atoms with E-state index in [1.807, 2.05) is 19.1 Å². The molecular weight excluding hydrogens is 510 g/mol. The summed E-state index contributed by atoms with van der Waals surface area (Å²) in [6, 6.07) is 10.5. The van der Waals surface area contributed by atoms with Crippen LogP contribution in [0.3, 0.4) is 0 Å². The van der Waals surface area contributed by atoms with Crippen molar-refractivity contribution in [1.29, 1.82) is 0 Å². The summed E-state index contributed by atoms with van der Waals surface area (Å²) in [4.78, 5) is 20.2. The maximum atomic E-state index is 12.6. The Morgan fingerprint density at radius 3 is 2.33 bits per heavy atom. The van der Waals surface area contributed by atoms with Gasteiger partial charge in [0.15, 0.2) is 5.96 Å². The molecule has 0 spiro atoms. The van der Waals surface area contributed by atoms with Crippen molar-refractivity contribution in [1.82, 2.24) is 15.6 Å². The van der Waals surface area contributed by atoms with Crippen molar-refractivity contribution in [3.05, 3.63) is 59.3 Å². The van der Waals surface area contributed by atoms with Crippen molar-refractivity contribution in [2.24, 2.45) is 4.99 Å². The number of pyridine rings is 1. The Morgan fingerprint density at radius 2 is 1.73 bits per heavy atom. The van der Waals surface area contributed by atoms with E-state index in [0.29, 0.717) is 31.3 Å². The Labute approximate surface area is 190 Å². The Balaban J connectivity index is 0.00000450. The van der Waals surface area contributed by atoms with Crippen molar-refractivity contribution in [2.45, 2.75) is 25.9 Å². The SMILES string of the molecule is CN=C(NCCC(=O)Nc1cccc(C)n1)NCCc1ccc(C(F)(F)F)cc1.I. The van der Waals surface area contributed by atoms with Crippen molar-refractivity contribution >= 4 is 41.7 Å². The lowest BCUT2D eigenvalue weighted by atomic mass is 10.1. The lowest BCUT2D eigenvalue weighted by Gasteiger charge is -2.12. The third kappa shape index (κ3) is 8.97. The molecule has 2 aromatic rings. The second kappa shape index (κ2) is 12.4. The molecule has 0 radical (unpaired) electrons. The summed E-state index contributed by atoms with van der Waals surface area (Å²) in [5.41, 5.74) is 0.940. The maximum Gasteiger partial charge on any atom is 0.416 e. The topological polar surface area (TPSA) is 78.4 Å². The largest absolute Gasteiger partial charge is 0.416 e. The van der Waals surface area contributed by atoms with Crippen molar-refractivity contribution in [3.8, 4) is 0 Å². The molecule has 0 bridgehead atoms. The van der Waals surface area contributed by atoms with E-state index >= 15 is 0 Å². The van der Waals surface area contributed by atoms with Gasteiger partial charge in [-0.05, 0) is 43.2 Å². The Hall–Kier alpha value is -2.37. The van der Waals surface area contributed by atoms with Crippen molar-refractivity contribution in [3.63, 3.8) is 0 Å². The van der Waals surface area contributed by atoms with Crippen LogP contribution in [0.2, 0.25) is 0 Å². The smallest absolute Gasteiger partial charge is 0.356 e.